The Morgan fingerprint density at radius 3 is 1.72 bits per heavy atom. The van der Waals surface area contributed by atoms with Crippen LogP contribution in [0.1, 0.15) is 62.4 Å². The molecule has 0 radical (unpaired) electrons. The number of aromatic nitrogens is 4. The van der Waals surface area contributed by atoms with Gasteiger partial charge in [-0.05, 0) is 117 Å². The number of aryl methyl sites for hydroxylation is 2. The topological polar surface area (TPSA) is 163 Å². The summed E-state index contributed by atoms with van der Waals surface area (Å²) in [5.74, 6) is 3.72. The van der Waals surface area contributed by atoms with E-state index in [4.69, 9.17) is 9.47 Å². The van der Waals surface area contributed by atoms with Crippen molar-refractivity contribution in [3.63, 3.8) is 0 Å². The molecule has 2 N–H and O–H groups in total. The molecule has 2 aliphatic carbocycles. The van der Waals surface area contributed by atoms with Gasteiger partial charge in [-0.3, -0.25) is 19.6 Å². The third-order valence-electron chi connectivity index (χ3n) is 13.4. The lowest BCUT2D eigenvalue weighted by Gasteiger charge is -2.27. The Kier molecular flexibility index (Phi) is 11.7. The van der Waals surface area contributed by atoms with E-state index < -0.39 is 0 Å². The minimum Gasteiger partial charge on any atom is -0.495 e. The van der Waals surface area contributed by atoms with E-state index in [1.54, 1.807) is 54.4 Å². The Morgan fingerprint density at radius 2 is 1.23 bits per heavy atom. The lowest BCUT2D eigenvalue weighted by Crippen LogP contribution is -2.39. The predicted octanol–water partition coefficient (Wildman–Crippen LogP) is 7.21. The van der Waals surface area contributed by atoms with Crippen molar-refractivity contribution in [2.45, 2.75) is 64.1 Å². The fraction of sp³-hybridized carbons (Fsp3) is 0.417. The molecule has 3 aliphatic heterocycles. The molecule has 15 nitrogen and oxygen atoms in total. The number of aliphatic imine (C=N–C) groups is 2. The summed E-state index contributed by atoms with van der Waals surface area (Å²) in [5, 5.41) is 9.13. The van der Waals surface area contributed by atoms with Crippen LogP contribution >= 0.6 is 22.7 Å². The SMILES string of the molecule is COc1cc2c(cc1Nc1ncnc3sc4c(c13)CC[C@H](C(=O)N(C)C)C4)C=NC2.COc1cc2c(cc1Nc1ncnc3sc4c(c13)CC[C@H](C(=O)N1CC[C@@H](N(C)C)C1)C4)C=NC2. The summed E-state index contributed by atoms with van der Waals surface area (Å²) in [5.41, 5.74) is 8.81. The summed E-state index contributed by atoms with van der Waals surface area (Å²) in [4.78, 5) is 63.2. The number of fused-ring (bicyclic) bond motifs is 8. The van der Waals surface area contributed by atoms with E-state index in [0.29, 0.717) is 25.0 Å². The molecule has 1 saturated heterocycles. The third kappa shape index (κ3) is 8.18. The number of likely N-dealkylation sites (N-methyl/N-ethyl adjacent to an activating group) is 1. The minimum atomic E-state index is 0.0426. The van der Waals surface area contributed by atoms with Crippen molar-refractivity contribution < 1.29 is 19.1 Å². The maximum atomic E-state index is 13.3. The Hall–Kier alpha value is -6.04. The highest BCUT2D eigenvalue weighted by Crippen LogP contribution is 2.44. The molecule has 17 heteroatoms. The van der Waals surface area contributed by atoms with Crippen molar-refractivity contribution in [1.29, 1.82) is 0 Å². The van der Waals surface area contributed by atoms with Gasteiger partial charge in [0.15, 0.2) is 0 Å². The van der Waals surface area contributed by atoms with E-state index in [1.807, 2.05) is 38.7 Å². The van der Waals surface area contributed by atoms with Gasteiger partial charge in [0.25, 0.3) is 0 Å². The second-order valence-electron chi connectivity index (χ2n) is 17.8. The molecule has 0 bridgehead atoms. The minimum absolute atomic E-state index is 0.0426. The molecule has 7 heterocycles. The first kappa shape index (κ1) is 42.9. The van der Waals surface area contributed by atoms with Gasteiger partial charge in [-0.1, -0.05) is 0 Å². The summed E-state index contributed by atoms with van der Waals surface area (Å²) in [6, 6.07) is 8.67. The fourth-order valence-corrected chi connectivity index (χ4v) is 12.4. The number of nitrogens with one attached hydrogen (secondary N) is 2. The van der Waals surface area contributed by atoms with E-state index in [-0.39, 0.29) is 17.7 Å². The Bertz CT molecular complexity index is 2910. The first-order chi connectivity index (χ1) is 31.6. The molecular weight excluding hydrogens is 859 g/mol. The van der Waals surface area contributed by atoms with Crippen molar-refractivity contribution in [2.24, 2.45) is 21.8 Å². The summed E-state index contributed by atoms with van der Waals surface area (Å²) in [6.07, 6.45) is 13.1. The van der Waals surface area contributed by atoms with Crippen LogP contribution in [0, 0.1) is 11.8 Å². The van der Waals surface area contributed by atoms with Gasteiger partial charge in [0.1, 0.15) is 45.5 Å². The van der Waals surface area contributed by atoms with Crippen LogP contribution in [0.4, 0.5) is 23.0 Å². The van der Waals surface area contributed by atoms with Crippen LogP contribution in [0.25, 0.3) is 20.4 Å². The molecule has 0 saturated carbocycles. The Labute approximate surface area is 386 Å². The van der Waals surface area contributed by atoms with Gasteiger partial charge < -0.3 is 34.8 Å². The second-order valence-corrected chi connectivity index (χ2v) is 20.0. The average molecular weight is 912 g/mol. The number of hydrogen-bond acceptors (Lipinski definition) is 15. The van der Waals surface area contributed by atoms with Gasteiger partial charge in [0, 0.05) is 67.2 Å². The molecule has 4 aromatic heterocycles. The van der Waals surface area contributed by atoms with Crippen molar-refractivity contribution in [2.75, 3.05) is 66.1 Å². The van der Waals surface area contributed by atoms with Crippen LogP contribution in [0.3, 0.4) is 0 Å². The number of carbonyl (C=O) groups excluding carboxylic acids is 2. The highest BCUT2D eigenvalue weighted by molar-refractivity contribution is 7.19. The first-order valence-electron chi connectivity index (χ1n) is 22.2. The summed E-state index contributed by atoms with van der Waals surface area (Å²) in [6.45, 7) is 3.09. The van der Waals surface area contributed by atoms with Crippen molar-refractivity contribution in [3.8, 4) is 11.5 Å². The van der Waals surface area contributed by atoms with Crippen LogP contribution < -0.4 is 20.1 Å². The zero-order chi connectivity index (χ0) is 44.9. The number of anilines is 4. The maximum Gasteiger partial charge on any atom is 0.226 e. The van der Waals surface area contributed by atoms with Gasteiger partial charge in [0.05, 0.1) is 49.5 Å². The number of ether oxygens (including phenoxy) is 2. The van der Waals surface area contributed by atoms with Crippen LogP contribution in [0.15, 0.2) is 46.9 Å². The van der Waals surface area contributed by atoms with Gasteiger partial charge in [0.2, 0.25) is 11.8 Å². The summed E-state index contributed by atoms with van der Waals surface area (Å²) >= 11 is 3.37. The summed E-state index contributed by atoms with van der Waals surface area (Å²) < 4.78 is 11.3. The van der Waals surface area contributed by atoms with Crippen LogP contribution in [-0.4, -0.2) is 120 Å². The van der Waals surface area contributed by atoms with Crippen molar-refractivity contribution in [1.82, 2.24) is 34.6 Å². The van der Waals surface area contributed by atoms with E-state index >= 15 is 0 Å². The molecule has 1 fully saturated rings. The number of nitrogens with zero attached hydrogens (tertiary/aromatic N) is 9. The van der Waals surface area contributed by atoms with Gasteiger partial charge in [-0.2, -0.15) is 0 Å². The molecule has 3 atom stereocenters. The fourth-order valence-electron chi connectivity index (χ4n) is 9.88. The molecule has 336 valence electrons. The highest BCUT2D eigenvalue weighted by atomic mass is 32.1. The van der Waals surface area contributed by atoms with E-state index in [2.05, 4.69) is 76.6 Å². The molecule has 0 unspecified atom stereocenters. The van der Waals surface area contributed by atoms with Crippen LogP contribution in [0.5, 0.6) is 11.5 Å². The normalized spacial score (nSPS) is 19.1. The molecule has 5 aliphatic rings. The van der Waals surface area contributed by atoms with Crippen molar-refractivity contribution >= 4 is 90.4 Å². The number of thiophene rings is 2. The molecule has 2 amide bonds. The summed E-state index contributed by atoms with van der Waals surface area (Å²) in [7, 11) is 11.2. The zero-order valence-corrected chi connectivity index (χ0v) is 39.2. The molecule has 0 spiro atoms. The van der Waals surface area contributed by atoms with E-state index in [9.17, 15) is 9.59 Å². The van der Waals surface area contributed by atoms with Gasteiger partial charge in [-0.25, -0.2) is 19.9 Å². The van der Waals surface area contributed by atoms with Gasteiger partial charge >= 0.3 is 0 Å². The lowest BCUT2D eigenvalue weighted by molar-refractivity contribution is -0.135. The lowest BCUT2D eigenvalue weighted by atomic mass is 9.87. The second kappa shape index (κ2) is 17.7. The molecule has 6 aromatic rings. The number of amides is 2. The monoisotopic (exact) mass is 911 g/mol. The Morgan fingerprint density at radius 1 is 0.708 bits per heavy atom. The highest BCUT2D eigenvalue weighted by Gasteiger charge is 2.35. The molecule has 65 heavy (non-hydrogen) atoms. The smallest absolute Gasteiger partial charge is 0.226 e. The number of hydrogen-bond donors (Lipinski definition) is 2. The Balaban J connectivity index is 0.000000155. The number of carbonyl (C=O) groups is 2. The van der Waals surface area contributed by atoms with Gasteiger partial charge in [-0.15, -0.1) is 22.7 Å². The predicted molar refractivity (Wildman–Crippen MR) is 258 cm³/mol. The number of rotatable bonds is 9. The number of likely N-dealkylation sites (tertiary alicyclic amines) is 1. The first-order valence-corrected chi connectivity index (χ1v) is 23.8. The van der Waals surface area contributed by atoms with E-state index in [1.165, 1.54) is 26.4 Å². The van der Waals surface area contributed by atoms with E-state index in [0.717, 1.165) is 130 Å². The largest absolute Gasteiger partial charge is 0.495 e. The number of benzene rings is 2. The molecule has 11 rings (SSSR count). The van der Waals surface area contributed by atoms with Crippen molar-refractivity contribution in [3.05, 3.63) is 80.1 Å². The number of methoxy groups -OCH3 is 2. The average Bonchev–Trinajstić information content (AvgIpc) is 4.17. The van der Waals surface area contributed by atoms with Crippen LogP contribution in [0.2, 0.25) is 0 Å². The standard InChI is InChI=1S/C26H30N6O2S.C22H23N5O2S/c1-31(2)18-6-7-32(13-18)26(33)15-4-5-19-22(10-15)35-25-23(19)24(28-14-29-25)30-20-8-16-11-27-12-17(16)9-21(20)34-3;1-27(2)22(28)12-4-5-15-18(8-12)30-21-19(15)20(24-11-25-21)26-16-6-13-9-23-10-14(13)7-17(16)29-3/h8-9,11,14-15,18H,4-7,10,12-13H2,1-3H3,(H,28,29,30);6-7,9,11-12H,4-5,8,10H2,1-3H3,(H,24,25,26)/t15-,18+;12-/m00/s1. The molecular formula is C48H53N11O4S2. The quantitative estimate of drug-likeness (QED) is 0.151. The molecule has 2 aromatic carbocycles. The third-order valence-corrected chi connectivity index (χ3v) is 15.8. The van der Waals surface area contributed by atoms with Crippen LogP contribution in [-0.2, 0) is 48.4 Å². The maximum absolute atomic E-state index is 13.3. The zero-order valence-electron chi connectivity index (χ0n) is 37.6.